The molecule has 10 heteroatoms. The van der Waals surface area contributed by atoms with Crippen LogP contribution in [0.2, 0.25) is 0 Å². The lowest BCUT2D eigenvalue weighted by atomic mass is 10.1. The Labute approximate surface area is 166 Å². The number of nitrogens with two attached hydrogens (primary N) is 1. The monoisotopic (exact) mass is 418 g/mol. The van der Waals surface area contributed by atoms with Gasteiger partial charge in [0.15, 0.2) is 0 Å². The SMILES string of the molecule is CCCCC(CN)NC(=O)c1cccc(S(=O)(=O)N2CCNC(=O)C2)c1.Cl. The van der Waals surface area contributed by atoms with Crippen molar-refractivity contribution in [3.63, 3.8) is 0 Å². The van der Waals surface area contributed by atoms with Crippen molar-refractivity contribution >= 4 is 34.2 Å². The molecule has 0 bridgehead atoms. The molecule has 1 aromatic carbocycles. The lowest BCUT2D eigenvalue weighted by Gasteiger charge is -2.26. The second-order valence-corrected chi connectivity index (χ2v) is 8.20. The predicted molar refractivity (Wildman–Crippen MR) is 105 cm³/mol. The Morgan fingerprint density at radius 3 is 2.78 bits per heavy atom. The van der Waals surface area contributed by atoms with Crippen LogP contribution in [0, 0.1) is 0 Å². The number of unbranched alkanes of at least 4 members (excludes halogenated alkanes) is 1. The molecule has 1 fully saturated rings. The molecule has 1 heterocycles. The number of nitrogens with one attached hydrogen (secondary N) is 2. The number of carbonyl (C=O) groups excluding carboxylic acids is 2. The average Bonchev–Trinajstić information content (AvgIpc) is 2.65. The van der Waals surface area contributed by atoms with Crippen LogP contribution in [-0.4, -0.2) is 56.8 Å². The van der Waals surface area contributed by atoms with Gasteiger partial charge in [-0.15, -0.1) is 12.4 Å². The van der Waals surface area contributed by atoms with Crippen molar-refractivity contribution in [2.45, 2.75) is 37.1 Å². The van der Waals surface area contributed by atoms with Crippen LogP contribution in [-0.2, 0) is 14.8 Å². The van der Waals surface area contributed by atoms with Gasteiger partial charge >= 0.3 is 0 Å². The van der Waals surface area contributed by atoms with Crippen LogP contribution < -0.4 is 16.4 Å². The zero-order valence-electron chi connectivity index (χ0n) is 15.3. The molecule has 2 rings (SSSR count). The van der Waals surface area contributed by atoms with E-state index in [-0.39, 0.29) is 60.4 Å². The Kier molecular flexibility index (Phi) is 9.17. The van der Waals surface area contributed by atoms with Crippen molar-refractivity contribution in [3.05, 3.63) is 29.8 Å². The Morgan fingerprint density at radius 1 is 1.41 bits per heavy atom. The van der Waals surface area contributed by atoms with Gasteiger partial charge in [-0.05, 0) is 24.6 Å². The zero-order valence-corrected chi connectivity index (χ0v) is 16.9. The van der Waals surface area contributed by atoms with E-state index in [1.807, 2.05) is 0 Å². The van der Waals surface area contributed by atoms with E-state index in [2.05, 4.69) is 17.6 Å². The molecule has 1 saturated heterocycles. The summed E-state index contributed by atoms with van der Waals surface area (Å²) in [6.45, 7) is 2.65. The Bertz CT molecular complexity index is 757. The molecular formula is C17H27ClN4O4S. The number of hydrogen-bond acceptors (Lipinski definition) is 5. The molecule has 1 aliphatic heterocycles. The molecule has 1 aliphatic rings. The highest BCUT2D eigenvalue weighted by atomic mass is 35.5. The van der Waals surface area contributed by atoms with Crippen molar-refractivity contribution in [2.24, 2.45) is 5.73 Å². The van der Waals surface area contributed by atoms with Crippen LogP contribution in [0.25, 0.3) is 0 Å². The maximum Gasteiger partial charge on any atom is 0.251 e. The van der Waals surface area contributed by atoms with Crippen LogP contribution in [0.1, 0.15) is 36.5 Å². The molecule has 0 spiro atoms. The lowest BCUT2D eigenvalue weighted by Crippen LogP contribution is -2.49. The second-order valence-electron chi connectivity index (χ2n) is 6.26. The summed E-state index contributed by atoms with van der Waals surface area (Å²) in [5.74, 6) is -0.694. The molecule has 0 radical (unpaired) electrons. The fraction of sp³-hybridized carbons (Fsp3) is 0.529. The summed E-state index contributed by atoms with van der Waals surface area (Å²) in [4.78, 5) is 23.9. The number of piperazine rings is 1. The number of carbonyl (C=O) groups is 2. The van der Waals surface area contributed by atoms with Crippen molar-refractivity contribution in [1.29, 1.82) is 0 Å². The van der Waals surface area contributed by atoms with Gasteiger partial charge in [-0.25, -0.2) is 8.42 Å². The maximum absolute atomic E-state index is 12.7. The normalized spacial score (nSPS) is 16.1. The number of sulfonamides is 1. The summed E-state index contributed by atoms with van der Waals surface area (Å²) in [7, 11) is -3.83. The third-order valence-electron chi connectivity index (χ3n) is 4.26. The Morgan fingerprint density at radius 2 is 2.15 bits per heavy atom. The number of hydrogen-bond donors (Lipinski definition) is 3. The van der Waals surface area contributed by atoms with E-state index in [9.17, 15) is 18.0 Å². The van der Waals surface area contributed by atoms with Crippen LogP contribution >= 0.6 is 12.4 Å². The Hall–Kier alpha value is -1.68. The first-order valence-corrected chi connectivity index (χ1v) is 10.2. The molecule has 2 amide bonds. The van der Waals surface area contributed by atoms with Crippen LogP contribution in [0.3, 0.4) is 0 Å². The number of rotatable bonds is 8. The molecular weight excluding hydrogens is 392 g/mol. The first kappa shape index (κ1) is 23.4. The summed E-state index contributed by atoms with van der Waals surface area (Å²) in [5, 5.41) is 5.44. The summed E-state index contributed by atoms with van der Waals surface area (Å²) in [6, 6.07) is 5.70. The van der Waals surface area contributed by atoms with Crippen LogP contribution in [0.4, 0.5) is 0 Å². The van der Waals surface area contributed by atoms with Crippen LogP contribution in [0.15, 0.2) is 29.2 Å². The lowest BCUT2D eigenvalue weighted by molar-refractivity contribution is -0.122. The topological polar surface area (TPSA) is 122 Å². The summed E-state index contributed by atoms with van der Waals surface area (Å²) in [6.07, 6.45) is 2.73. The minimum absolute atomic E-state index is 0. The minimum Gasteiger partial charge on any atom is -0.354 e. The van der Waals surface area contributed by atoms with Gasteiger partial charge in [-0.2, -0.15) is 4.31 Å². The summed E-state index contributed by atoms with van der Waals surface area (Å²) in [5.41, 5.74) is 5.95. The van der Waals surface area contributed by atoms with Crippen molar-refractivity contribution in [2.75, 3.05) is 26.2 Å². The van der Waals surface area contributed by atoms with Crippen molar-refractivity contribution < 1.29 is 18.0 Å². The van der Waals surface area contributed by atoms with Crippen molar-refractivity contribution in [1.82, 2.24) is 14.9 Å². The molecule has 27 heavy (non-hydrogen) atoms. The van der Waals surface area contributed by atoms with Gasteiger partial charge in [-0.3, -0.25) is 9.59 Å². The standard InChI is InChI=1S/C17H26N4O4S.ClH/c1-2-3-6-14(11-18)20-17(23)13-5-4-7-15(10-13)26(24,25)21-9-8-19-16(22)12-21;/h4-5,7,10,14H,2-3,6,8-9,11-12,18H2,1H3,(H,19,22)(H,20,23);1H. The molecule has 1 atom stereocenters. The summed E-state index contributed by atoms with van der Waals surface area (Å²) < 4.78 is 26.6. The molecule has 0 aromatic heterocycles. The summed E-state index contributed by atoms with van der Waals surface area (Å²) >= 11 is 0. The second kappa shape index (κ2) is 10.6. The molecule has 8 nitrogen and oxygen atoms in total. The number of nitrogens with zero attached hydrogens (tertiary/aromatic N) is 1. The fourth-order valence-corrected chi connectivity index (χ4v) is 4.18. The number of benzene rings is 1. The fourth-order valence-electron chi connectivity index (χ4n) is 2.74. The third kappa shape index (κ3) is 6.17. The van der Waals surface area contributed by atoms with Gasteiger partial charge in [0, 0.05) is 31.2 Å². The maximum atomic E-state index is 12.7. The van der Waals surface area contributed by atoms with Gasteiger partial charge in [-0.1, -0.05) is 25.8 Å². The minimum atomic E-state index is -3.83. The van der Waals surface area contributed by atoms with E-state index in [0.717, 1.165) is 23.6 Å². The molecule has 0 saturated carbocycles. The average molecular weight is 419 g/mol. The van der Waals surface area contributed by atoms with Crippen LogP contribution in [0.5, 0.6) is 0 Å². The predicted octanol–water partition coefficient (Wildman–Crippen LogP) is 0.476. The Balaban J connectivity index is 0.00000364. The van der Waals surface area contributed by atoms with E-state index in [1.165, 1.54) is 18.2 Å². The molecule has 0 aliphatic carbocycles. The highest BCUT2D eigenvalue weighted by molar-refractivity contribution is 7.89. The largest absolute Gasteiger partial charge is 0.354 e. The van der Waals surface area contributed by atoms with Gasteiger partial charge in [0.1, 0.15) is 0 Å². The van der Waals surface area contributed by atoms with E-state index in [1.54, 1.807) is 6.07 Å². The molecule has 4 N–H and O–H groups in total. The first-order chi connectivity index (χ1) is 12.4. The van der Waals surface area contributed by atoms with Gasteiger partial charge < -0.3 is 16.4 Å². The number of halogens is 1. The third-order valence-corrected chi connectivity index (χ3v) is 6.10. The van der Waals surface area contributed by atoms with Gasteiger partial charge in [0.25, 0.3) is 5.91 Å². The first-order valence-electron chi connectivity index (χ1n) is 8.76. The highest BCUT2D eigenvalue weighted by Crippen LogP contribution is 2.18. The van der Waals surface area contributed by atoms with Crippen molar-refractivity contribution in [3.8, 4) is 0 Å². The zero-order chi connectivity index (χ0) is 19.2. The molecule has 1 unspecified atom stereocenters. The van der Waals surface area contributed by atoms with Gasteiger partial charge in [0.2, 0.25) is 15.9 Å². The van der Waals surface area contributed by atoms with E-state index in [4.69, 9.17) is 5.73 Å². The van der Waals surface area contributed by atoms with E-state index < -0.39 is 10.0 Å². The van der Waals surface area contributed by atoms with E-state index in [0.29, 0.717) is 6.54 Å². The van der Waals surface area contributed by atoms with Gasteiger partial charge in [0.05, 0.1) is 11.4 Å². The smallest absolute Gasteiger partial charge is 0.251 e. The van der Waals surface area contributed by atoms with E-state index >= 15 is 0 Å². The molecule has 152 valence electrons. The highest BCUT2D eigenvalue weighted by Gasteiger charge is 2.29. The number of amides is 2. The molecule has 1 aromatic rings. The quantitative estimate of drug-likeness (QED) is 0.566.